The Morgan fingerprint density at radius 1 is 1.12 bits per heavy atom. The van der Waals surface area contributed by atoms with Gasteiger partial charge in [0.25, 0.3) is 5.91 Å². The molecule has 5 rings (SSSR count). The van der Waals surface area contributed by atoms with Gasteiger partial charge in [-0.05, 0) is 68.3 Å². The molecule has 4 aliphatic rings. The number of imide groups is 1. The molecule has 1 saturated heterocycles. The van der Waals surface area contributed by atoms with Gasteiger partial charge in [0.2, 0.25) is 17.7 Å². The quantitative estimate of drug-likeness (QED) is 0.689. The highest BCUT2D eigenvalue weighted by atomic mass is 19.3. The number of alkyl halides is 2. The standard InChI is InChI=1S/C18H20N2O4.C5H9F2N/c21-16-8-7-15(17(22)19-16)20-10-11-9-13(5-6-14(11)18(20)23)24-12-3-1-2-4-12;6-5(7)1-4(2-5)3-8/h5-6,9,12,15H,1-4,7-8,10H2,(H,19,21,22);4H,1-3,8H2. The van der Waals surface area contributed by atoms with E-state index in [4.69, 9.17) is 10.5 Å². The van der Waals surface area contributed by atoms with Gasteiger partial charge in [-0.25, -0.2) is 8.78 Å². The van der Waals surface area contributed by atoms with Crippen LogP contribution in [0.2, 0.25) is 0 Å². The molecular formula is C23H29F2N3O4. The number of carbonyl (C=O) groups excluding carboxylic acids is 3. The third-order valence-electron chi connectivity index (χ3n) is 6.61. The van der Waals surface area contributed by atoms with E-state index in [2.05, 4.69) is 5.32 Å². The topological polar surface area (TPSA) is 102 Å². The van der Waals surface area contributed by atoms with Gasteiger partial charge in [0, 0.05) is 31.4 Å². The lowest BCUT2D eigenvalue weighted by Crippen LogP contribution is -2.52. The van der Waals surface area contributed by atoms with Crippen LogP contribution in [0.25, 0.3) is 0 Å². The van der Waals surface area contributed by atoms with Crippen LogP contribution in [-0.2, 0) is 16.1 Å². The second-order valence-corrected chi connectivity index (χ2v) is 9.11. The first kappa shape index (κ1) is 22.6. The number of hydrogen-bond donors (Lipinski definition) is 2. The molecule has 0 radical (unpaired) electrons. The summed E-state index contributed by atoms with van der Waals surface area (Å²) < 4.78 is 29.8. The van der Waals surface area contributed by atoms with Crippen LogP contribution in [0, 0.1) is 5.92 Å². The van der Waals surface area contributed by atoms with Crippen molar-refractivity contribution in [2.24, 2.45) is 11.7 Å². The summed E-state index contributed by atoms with van der Waals surface area (Å²) in [6.45, 7) is 0.803. The highest BCUT2D eigenvalue weighted by molar-refractivity contribution is 6.05. The van der Waals surface area contributed by atoms with Crippen molar-refractivity contribution in [1.29, 1.82) is 0 Å². The monoisotopic (exact) mass is 449 g/mol. The van der Waals surface area contributed by atoms with Crippen molar-refractivity contribution in [3.63, 3.8) is 0 Å². The fraction of sp³-hybridized carbons (Fsp3) is 0.609. The van der Waals surface area contributed by atoms with Crippen LogP contribution in [0.4, 0.5) is 8.78 Å². The van der Waals surface area contributed by atoms with Gasteiger partial charge in [-0.1, -0.05) is 0 Å². The number of ether oxygens (including phenoxy) is 1. The molecule has 9 heteroatoms. The van der Waals surface area contributed by atoms with E-state index in [9.17, 15) is 23.2 Å². The number of carbonyl (C=O) groups is 3. The van der Waals surface area contributed by atoms with Crippen LogP contribution < -0.4 is 15.8 Å². The maximum absolute atomic E-state index is 12.6. The van der Waals surface area contributed by atoms with E-state index in [1.807, 2.05) is 12.1 Å². The average Bonchev–Trinajstić information content (AvgIpc) is 3.34. The van der Waals surface area contributed by atoms with Gasteiger partial charge in [0.15, 0.2) is 0 Å². The van der Waals surface area contributed by atoms with Crippen LogP contribution in [0.15, 0.2) is 18.2 Å². The first-order valence-corrected chi connectivity index (χ1v) is 11.3. The van der Waals surface area contributed by atoms with Crippen LogP contribution >= 0.6 is 0 Å². The third-order valence-corrected chi connectivity index (χ3v) is 6.61. The smallest absolute Gasteiger partial charge is 0.255 e. The molecule has 1 atom stereocenters. The minimum absolute atomic E-state index is 0.00347. The lowest BCUT2D eigenvalue weighted by atomic mass is 9.82. The number of nitrogens with zero attached hydrogens (tertiary/aromatic N) is 1. The maximum atomic E-state index is 12.6. The number of benzene rings is 1. The van der Waals surface area contributed by atoms with Crippen LogP contribution in [-0.4, -0.2) is 47.2 Å². The Morgan fingerprint density at radius 3 is 2.44 bits per heavy atom. The molecule has 2 heterocycles. The highest BCUT2D eigenvalue weighted by Gasteiger charge is 2.44. The molecule has 0 bridgehead atoms. The van der Waals surface area contributed by atoms with Crippen LogP contribution in [0.1, 0.15) is 67.3 Å². The summed E-state index contributed by atoms with van der Waals surface area (Å²) in [6, 6.07) is 4.97. The van der Waals surface area contributed by atoms with Crippen LogP contribution in [0.3, 0.4) is 0 Å². The van der Waals surface area contributed by atoms with E-state index in [1.165, 1.54) is 12.8 Å². The number of nitrogens with one attached hydrogen (secondary N) is 1. The summed E-state index contributed by atoms with van der Waals surface area (Å²) in [7, 11) is 0. The first-order valence-electron chi connectivity index (χ1n) is 11.3. The van der Waals surface area contributed by atoms with Gasteiger partial charge in [-0.3, -0.25) is 19.7 Å². The lowest BCUT2D eigenvalue weighted by molar-refractivity contribution is -0.136. The largest absolute Gasteiger partial charge is 0.490 e. The van der Waals surface area contributed by atoms with Gasteiger partial charge in [-0.2, -0.15) is 0 Å². The molecule has 7 nitrogen and oxygen atoms in total. The van der Waals surface area contributed by atoms with Crippen LogP contribution in [0.5, 0.6) is 5.75 Å². The van der Waals surface area contributed by atoms with Gasteiger partial charge in [0.05, 0.1) is 6.10 Å². The number of amides is 3. The second-order valence-electron chi connectivity index (χ2n) is 9.11. The molecular weight excluding hydrogens is 420 g/mol. The van der Waals surface area contributed by atoms with E-state index < -0.39 is 12.0 Å². The van der Waals surface area contributed by atoms with E-state index >= 15 is 0 Å². The number of halogens is 2. The summed E-state index contributed by atoms with van der Waals surface area (Å²) in [4.78, 5) is 37.5. The number of nitrogens with two attached hydrogens (primary N) is 1. The van der Waals surface area contributed by atoms with Crippen molar-refractivity contribution in [2.75, 3.05) is 6.54 Å². The molecule has 2 aliphatic carbocycles. The number of piperidine rings is 1. The molecule has 1 aromatic carbocycles. The molecule has 1 unspecified atom stereocenters. The summed E-state index contributed by atoms with van der Waals surface area (Å²) in [6.07, 6.45) is 5.51. The van der Waals surface area contributed by atoms with E-state index in [-0.39, 0.29) is 49.0 Å². The van der Waals surface area contributed by atoms with Gasteiger partial charge in [0.1, 0.15) is 11.8 Å². The fourth-order valence-electron chi connectivity index (χ4n) is 4.77. The van der Waals surface area contributed by atoms with Gasteiger partial charge >= 0.3 is 0 Å². The highest BCUT2D eigenvalue weighted by Crippen LogP contribution is 2.41. The van der Waals surface area contributed by atoms with Crippen molar-refractivity contribution in [1.82, 2.24) is 10.2 Å². The Balaban J connectivity index is 0.000000260. The van der Waals surface area contributed by atoms with Gasteiger partial charge in [-0.15, -0.1) is 0 Å². The predicted molar refractivity (Wildman–Crippen MR) is 112 cm³/mol. The van der Waals surface area contributed by atoms with E-state index in [1.54, 1.807) is 11.0 Å². The number of fused-ring (bicyclic) bond motifs is 1. The zero-order valence-corrected chi connectivity index (χ0v) is 17.9. The lowest BCUT2D eigenvalue weighted by Gasteiger charge is -2.33. The zero-order chi connectivity index (χ0) is 22.9. The van der Waals surface area contributed by atoms with Crippen molar-refractivity contribution < 1.29 is 27.9 Å². The molecule has 174 valence electrons. The zero-order valence-electron chi connectivity index (χ0n) is 17.9. The third kappa shape index (κ3) is 4.92. The number of rotatable bonds is 4. The molecule has 0 spiro atoms. The van der Waals surface area contributed by atoms with E-state index in [0.29, 0.717) is 25.1 Å². The Hall–Kier alpha value is -2.55. The average molecular weight is 449 g/mol. The van der Waals surface area contributed by atoms with E-state index in [0.717, 1.165) is 24.2 Å². The summed E-state index contributed by atoms with van der Waals surface area (Å²) in [5.74, 6) is -2.30. The number of hydrogen-bond acceptors (Lipinski definition) is 5. The molecule has 0 aromatic heterocycles. The van der Waals surface area contributed by atoms with Crippen molar-refractivity contribution in [3.05, 3.63) is 29.3 Å². The molecule has 2 aliphatic heterocycles. The first-order chi connectivity index (χ1) is 15.3. The molecule has 3 N–H and O–H groups in total. The molecule has 3 amide bonds. The van der Waals surface area contributed by atoms with Crippen molar-refractivity contribution >= 4 is 17.7 Å². The van der Waals surface area contributed by atoms with Crippen molar-refractivity contribution in [3.8, 4) is 5.75 Å². The SMILES string of the molecule is NCC1CC(F)(F)C1.O=C1CCC(N2Cc3cc(OC4CCCC4)ccc3C2=O)C(=O)N1. The normalized spacial score (nSPS) is 25.0. The molecule has 2 saturated carbocycles. The fourth-order valence-corrected chi connectivity index (χ4v) is 4.77. The molecule has 1 aromatic rings. The Morgan fingerprint density at radius 2 is 1.84 bits per heavy atom. The Kier molecular flexibility index (Phi) is 6.46. The Labute approximate surface area is 185 Å². The Bertz CT molecular complexity index is 893. The maximum Gasteiger partial charge on any atom is 0.255 e. The predicted octanol–water partition coefficient (Wildman–Crippen LogP) is 2.76. The minimum Gasteiger partial charge on any atom is -0.490 e. The summed E-state index contributed by atoms with van der Waals surface area (Å²) in [5, 5.41) is 2.32. The summed E-state index contributed by atoms with van der Waals surface area (Å²) >= 11 is 0. The van der Waals surface area contributed by atoms with Gasteiger partial charge < -0.3 is 15.4 Å². The summed E-state index contributed by atoms with van der Waals surface area (Å²) in [5.41, 5.74) is 6.63. The minimum atomic E-state index is -2.38. The second kappa shape index (κ2) is 9.13. The molecule has 32 heavy (non-hydrogen) atoms. The molecule has 3 fully saturated rings. The van der Waals surface area contributed by atoms with Crippen molar-refractivity contribution in [2.45, 2.75) is 76.0 Å².